The molecule has 152 valence electrons. The number of allylic oxidation sites excluding steroid dienone is 1. The number of carbonyl (C=O) groups is 2. The molecular formula is C23H19Cl2N2O2S+. The lowest BCUT2D eigenvalue weighted by Gasteiger charge is -2.26. The Morgan fingerprint density at radius 1 is 0.933 bits per heavy atom. The van der Waals surface area contributed by atoms with Crippen molar-refractivity contribution in [3.63, 3.8) is 0 Å². The summed E-state index contributed by atoms with van der Waals surface area (Å²) in [5.74, 6) is -0.532. The van der Waals surface area contributed by atoms with E-state index in [9.17, 15) is 9.59 Å². The second-order valence-electron chi connectivity index (χ2n) is 7.67. The van der Waals surface area contributed by atoms with Gasteiger partial charge in [0.1, 0.15) is 12.2 Å². The third-order valence-electron chi connectivity index (χ3n) is 5.78. The number of benzene rings is 2. The molecule has 2 aromatic rings. The van der Waals surface area contributed by atoms with Gasteiger partial charge in [0.05, 0.1) is 0 Å². The molecule has 3 amide bonds. The summed E-state index contributed by atoms with van der Waals surface area (Å²) in [6, 6.07) is 14.0. The van der Waals surface area contributed by atoms with E-state index >= 15 is 0 Å². The summed E-state index contributed by atoms with van der Waals surface area (Å²) >= 11 is 13.7. The maximum atomic E-state index is 13.6. The van der Waals surface area contributed by atoms with Crippen LogP contribution < -0.4 is 4.90 Å². The number of nitrogens with zero attached hydrogens (tertiary/aromatic N) is 2. The van der Waals surface area contributed by atoms with Gasteiger partial charge in [-0.2, -0.15) is 9.37 Å². The zero-order chi connectivity index (χ0) is 20.8. The van der Waals surface area contributed by atoms with E-state index in [0.29, 0.717) is 22.3 Å². The number of imide groups is 1. The minimum absolute atomic E-state index is 0.163. The summed E-state index contributed by atoms with van der Waals surface area (Å²) in [4.78, 5) is 29.7. The summed E-state index contributed by atoms with van der Waals surface area (Å²) < 4.78 is 1.76. The van der Waals surface area contributed by atoms with Gasteiger partial charge in [-0.05, 0) is 78.1 Å². The number of amides is 3. The van der Waals surface area contributed by atoms with Crippen LogP contribution in [0.4, 0.5) is 10.5 Å². The second-order valence-corrected chi connectivity index (χ2v) is 9.66. The van der Waals surface area contributed by atoms with Gasteiger partial charge in [-0.15, -0.1) is 4.90 Å². The van der Waals surface area contributed by atoms with Crippen LogP contribution in [0.25, 0.3) is 0 Å². The van der Waals surface area contributed by atoms with Crippen molar-refractivity contribution in [3.05, 3.63) is 74.6 Å². The first-order valence-corrected chi connectivity index (χ1v) is 11.5. The van der Waals surface area contributed by atoms with Crippen LogP contribution in [-0.4, -0.2) is 21.6 Å². The highest BCUT2D eigenvalue weighted by molar-refractivity contribution is 8.17. The monoisotopic (exact) mass is 457 g/mol. The molecule has 1 atom stereocenters. The fourth-order valence-corrected chi connectivity index (χ4v) is 6.02. The zero-order valence-corrected chi connectivity index (χ0v) is 18.4. The summed E-state index contributed by atoms with van der Waals surface area (Å²) in [7, 11) is 0. The SMILES string of the molecule is O=C1C2C3=C(CCCC3)SC2=[N+](Cc2ccc(Cl)cc2)C(=O)N1c1ccc(Cl)cc1. The number of urea groups is 1. The van der Waals surface area contributed by atoms with Crippen LogP contribution in [0.2, 0.25) is 10.0 Å². The average molecular weight is 458 g/mol. The Bertz CT molecular complexity index is 1110. The Hall–Kier alpha value is -2.08. The number of rotatable bonds is 3. The standard InChI is InChI=1S/C23H19Cl2N2O2S/c24-15-7-5-14(6-8-15)13-26-22-20(18-3-1-2-4-19(18)30-22)21(28)27(23(26)29)17-11-9-16(25)10-12-17/h5-12,20H,1-4,13H2/q+1. The number of fused-ring (bicyclic) bond motifs is 2. The molecule has 2 aromatic carbocycles. The van der Waals surface area contributed by atoms with Crippen molar-refractivity contribution in [2.75, 3.05) is 4.90 Å². The first-order chi connectivity index (χ1) is 14.5. The van der Waals surface area contributed by atoms with E-state index in [1.807, 2.05) is 24.3 Å². The maximum absolute atomic E-state index is 13.6. The van der Waals surface area contributed by atoms with E-state index in [1.165, 1.54) is 15.4 Å². The van der Waals surface area contributed by atoms with Gasteiger partial charge in [0.25, 0.3) is 0 Å². The number of halogens is 2. The van der Waals surface area contributed by atoms with Crippen molar-refractivity contribution in [2.24, 2.45) is 5.92 Å². The van der Waals surface area contributed by atoms with E-state index < -0.39 is 0 Å². The molecular weight excluding hydrogens is 439 g/mol. The normalized spacial score (nSPS) is 21.3. The van der Waals surface area contributed by atoms with Crippen LogP contribution >= 0.6 is 35.0 Å². The highest BCUT2D eigenvalue weighted by Crippen LogP contribution is 2.48. The fraction of sp³-hybridized carbons (Fsp3) is 0.261. The second kappa shape index (κ2) is 7.88. The first kappa shape index (κ1) is 19.9. The van der Waals surface area contributed by atoms with Gasteiger partial charge in [-0.25, -0.2) is 4.79 Å². The number of carbonyl (C=O) groups excluding carboxylic acids is 2. The van der Waals surface area contributed by atoms with E-state index in [1.54, 1.807) is 40.6 Å². The number of hydrogen-bond donors (Lipinski definition) is 0. The molecule has 7 heteroatoms. The molecule has 0 N–H and O–H groups in total. The summed E-state index contributed by atoms with van der Waals surface area (Å²) in [6.45, 7) is 0.396. The van der Waals surface area contributed by atoms with Crippen LogP contribution in [0.3, 0.4) is 0 Å². The van der Waals surface area contributed by atoms with Gasteiger partial charge >= 0.3 is 11.9 Å². The Kier molecular flexibility index (Phi) is 5.21. The van der Waals surface area contributed by atoms with Crippen molar-refractivity contribution in [1.82, 2.24) is 0 Å². The molecule has 0 aromatic heterocycles. The Morgan fingerprint density at radius 2 is 1.57 bits per heavy atom. The predicted molar refractivity (Wildman–Crippen MR) is 121 cm³/mol. The lowest BCUT2D eigenvalue weighted by Crippen LogP contribution is -2.53. The van der Waals surface area contributed by atoms with Gasteiger partial charge in [0, 0.05) is 10.0 Å². The minimum Gasteiger partial charge on any atom is -0.245 e. The third kappa shape index (κ3) is 3.39. The highest BCUT2D eigenvalue weighted by Gasteiger charge is 2.54. The zero-order valence-electron chi connectivity index (χ0n) is 16.1. The van der Waals surface area contributed by atoms with Crippen LogP contribution in [0.15, 0.2) is 59.0 Å². The van der Waals surface area contributed by atoms with Crippen LogP contribution in [-0.2, 0) is 11.3 Å². The molecule has 0 fully saturated rings. The van der Waals surface area contributed by atoms with Gasteiger partial charge in [0.15, 0.2) is 11.0 Å². The van der Waals surface area contributed by atoms with E-state index in [0.717, 1.165) is 36.3 Å². The molecule has 0 bridgehead atoms. The molecule has 1 unspecified atom stereocenters. The average Bonchev–Trinajstić information content (AvgIpc) is 3.13. The van der Waals surface area contributed by atoms with Crippen molar-refractivity contribution in [3.8, 4) is 0 Å². The van der Waals surface area contributed by atoms with Crippen molar-refractivity contribution >= 4 is 57.6 Å². The van der Waals surface area contributed by atoms with E-state index in [-0.39, 0.29) is 17.9 Å². The Morgan fingerprint density at radius 3 is 2.27 bits per heavy atom. The lowest BCUT2D eigenvalue weighted by molar-refractivity contribution is -0.443. The highest BCUT2D eigenvalue weighted by atomic mass is 35.5. The minimum atomic E-state index is -0.369. The molecule has 30 heavy (non-hydrogen) atoms. The summed E-state index contributed by atoms with van der Waals surface area (Å²) in [5, 5.41) is 2.06. The molecule has 2 aliphatic heterocycles. The molecule has 2 heterocycles. The van der Waals surface area contributed by atoms with Gasteiger partial charge in [-0.3, -0.25) is 0 Å². The molecule has 1 aliphatic carbocycles. The quantitative estimate of drug-likeness (QED) is 0.510. The van der Waals surface area contributed by atoms with E-state index in [4.69, 9.17) is 23.2 Å². The molecule has 0 saturated carbocycles. The van der Waals surface area contributed by atoms with Crippen LogP contribution in [0.1, 0.15) is 31.2 Å². The number of thioether (sulfide) groups is 1. The van der Waals surface area contributed by atoms with E-state index in [2.05, 4.69) is 0 Å². The maximum Gasteiger partial charge on any atom is 0.506 e. The first-order valence-electron chi connectivity index (χ1n) is 9.95. The van der Waals surface area contributed by atoms with Crippen LogP contribution in [0.5, 0.6) is 0 Å². The Balaban J connectivity index is 1.61. The van der Waals surface area contributed by atoms with Crippen molar-refractivity contribution < 1.29 is 14.2 Å². The van der Waals surface area contributed by atoms with Crippen LogP contribution in [0, 0.1) is 5.92 Å². The lowest BCUT2D eigenvalue weighted by atomic mass is 9.88. The topological polar surface area (TPSA) is 40.4 Å². The smallest absolute Gasteiger partial charge is 0.245 e. The fourth-order valence-electron chi connectivity index (χ4n) is 4.31. The van der Waals surface area contributed by atoms with Crippen molar-refractivity contribution in [2.45, 2.75) is 32.2 Å². The number of anilines is 1. The number of hydrogen-bond acceptors (Lipinski definition) is 3. The Labute approximate surface area is 189 Å². The molecule has 0 spiro atoms. The van der Waals surface area contributed by atoms with Crippen molar-refractivity contribution in [1.29, 1.82) is 0 Å². The molecule has 0 saturated heterocycles. The summed E-state index contributed by atoms with van der Waals surface area (Å²) in [6.07, 6.45) is 4.12. The molecule has 4 nitrogen and oxygen atoms in total. The van der Waals surface area contributed by atoms with Gasteiger partial charge < -0.3 is 0 Å². The molecule has 5 rings (SSSR count). The molecule has 0 radical (unpaired) electrons. The van der Waals surface area contributed by atoms with Gasteiger partial charge in [-0.1, -0.05) is 47.1 Å². The largest absolute Gasteiger partial charge is 0.506 e. The third-order valence-corrected chi connectivity index (χ3v) is 7.66. The van der Waals surface area contributed by atoms with Gasteiger partial charge in [0.2, 0.25) is 0 Å². The molecule has 3 aliphatic rings. The summed E-state index contributed by atoms with van der Waals surface area (Å²) in [5.41, 5.74) is 2.71. The predicted octanol–water partition coefficient (Wildman–Crippen LogP) is 6.26.